The molecule has 2 aromatic rings. The standard InChI is InChI=1S/C19H23FN4O.HI/c1-21-18(25)16-5-3-4-14(12-16)10-11-23-19(22-2)24-13-15-6-8-17(20)9-7-15;/h3-9,12H,10-11,13H2,1-2H3,(H,21,25)(H2,22,23,24);1H. The van der Waals surface area contributed by atoms with E-state index in [-0.39, 0.29) is 35.7 Å². The Hall–Kier alpha value is -2.16. The topological polar surface area (TPSA) is 65.5 Å². The Labute approximate surface area is 170 Å². The van der Waals surface area contributed by atoms with Crippen LogP contribution >= 0.6 is 24.0 Å². The van der Waals surface area contributed by atoms with Gasteiger partial charge < -0.3 is 16.0 Å². The highest BCUT2D eigenvalue weighted by atomic mass is 127. The Morgan fingerprint density at radius 3 is 2.46 bits per heavy atom. The van der Waals surface area contributed by atoms with Gasteiger partial charge in [-0.1, -0.05) is 24.3 Å². The fraction of sp³-hybridized carbons (Fsp3) is 0.263. The number of nitrogens with one attached hydrogen (secondary N) is 3. The van der Waals surface area contributed by atoms with E-state index in [9.17, 15) is 9.18 Å². The number of hydrogen-bond donors (Lipinski definition) is 3. The summed E-state index contributed by atoms with van der Waals surface area (Å²) < 4.78 is 12.9. The van der Waals surface area contributed by atoms with Gasteiger partial charge >= 0.3 is 0 Å². The van der Waals surface area contributed by atoms with Crippen LogP contribution in [0.25, 0.3) is 0 Å². The van der Waals surface area contributed by atoms with Gasteiger partial charge in [-0.25, -0.2) is 4.39 Å². The summed E-state index contributed by atoms with van der Waals surface area (Å²) >= 11 is 0. The number of halogens is 2. The van der Waals surface area contributed by atoms with Gasteiger partial charge in [0.1, 0.15) is 5.82 Å². The number of guanidine groups is 1. The Balaban J connectivity index is 0.00000338. The van der Waals surface area contributed by atoms with Gasteiger partial charge in [-0.15, -0.1) is 24.0 Å². The van der Waals surface area contributed by atoms with Crippen LogP contribution in [-0.2, 0) is 13.0 Å². The van der Waals surface area contributed by atoms with Crippen molar-refractivity contribution in [1.82, 2.24) is 16.0 Å². The minimum Gasteiger partial charge on any atom is -0.356 e. The van der Waals surface area contributed by atoms with Crippen LogP contribution in [0.1, 0.15) is 21.5 Å². The zero-order valence-corrected chi connectivity index (χ0v) is 17.2. The fourth-order valence-electron chi connectivity index (χ4n) is 2.35. The third-order valence-corrected chi connectivity index (χ3v) is 3.72. The molecule has 0 aliphatic rings. The van der Waals surface area contributed by atoms with Crippen molar-refractivity contribution < 1.29 is 9.18 Å². The Bertz CT molecular complexity index is 735. The summed E-state index contributed by atoms with van der Waals surface area (Å²) in [6.45, 7) is 1.24. The average Bonchev–Trinajstić information content (AvgIpc) is 2.65. The molecular formula is C19H24FIN4O. The number of carbonyl (C=O) groups excluding carboxylic acids is 1. The quantitative estimate of drug-likeness (QED) is 0.346. The molecule has 1 amide bonds. The van der Waals surface area contributed by atoms with Crippen molar-refractivity contribution in [2.75, 3.05) is 20.6 Å². The van der Waals surface area contributed by atoms with Crippen molar-refractivity contribution in [3.8, 4) is 0 Å². The second-order valence-corrected chi connectivity index (χ2v) is 5.51. The molecule has 0 atom stereocenters. The Morgan fingerprint density at radius 1 is 1.08 bits per heavy atom. The van der Waals surface area contributed by atoms with E-state index in [4.69, 9.17) is 0 Å². The molecule has 7 heteroatoms. The van der Waals surface area contributed by atoms with Crippen molar-refractivity contribution in [2.45, 2.75) is 13.0 Å². The summed E-state index contributed by atoms with van der Waals surface area (Å²) in [6, 6.07) is 13.9. The molecule has 0 bridgehead atoms. The maximum Gasteiger partial charge on any atom is 0.251 e. The molecule has 26 heavy (non-hydrogen) atoms. The van der Waals surface area contributed by atoms with Crippen molar-refractivity contribution in [1.29, 1.82) is 0 Å². The lowest BCUT2D eigenvalue weighted by atomic mass is 10.1. The number of benzene rings is 2. The van der Waals surface area contributed by atoms with Gasteiger partial charge in [0, 0.05) is 32.7 Å². The smallest absolute Gasteiger partial charge is 0.251 e. The van der Waals surface area contributed by atoms with Gasteiger partial charge in [0.05, 0.1) is 0 Å². The summed E-state index contributed by atoms with van der Waals surface area (Å²) in [6.07, 6.45) is 0.766. The molecule has 2 rings (SSSR count). The zero-order valence-electron chi connectivity index (χ0n) is 14.9. The van der Waals surface area contributed by atoms with E-state index < -0.39 is 0 Å². The van der Waals surface area contributed by atoms with E-state index in [1.807, 2.05) is 18.2 Å². The summed E-state index contributed by atoms with van der Waals surface area (Å²) in [7, 11) is 3.32. The van der Waals surface area contributed by atoms with Gasteiger partial charge in [0.2, 0.25) is 0 Å². The molecule has 0 aliphatic heterocycles. The highest BCUT2D eigenvalue weighted by Crippen LogP contribution is 2.06. The van der Waals surface area contributed by atoms with Crippen molar-refractivity contribution in [3.05, 3.63) is 71.0 Å². The molecule has 0 aromatic heterocycles. The Kier molecular flexibility index (Phi) is 9.64. The van der Waals surface area contributed by atoms with Crippen LogP contribution in [0.15, 0.2) is 53.5 Å². The first-order valence-corrected chi connectivity index (χ1v) is 8.12. The molecule has 3 N–H and O–H groups in total. The van der Waals surface area contributed by atoms with Gasteiger partial charge in [-0.2, -0.15) is 0 Å². The van der Waals surface area contributed by atoms with Gasteiger partial charge in [0.25, 0.3) is 5.91 Å². The molecule has 2 aromatic carbocycles. The second-order valence-electron chi connectivity index (χ2n) is 5.51. The van der Waals surface area contributed by atoms with Crippen LogP contribution in [0.2, 0.25) is 0 Å². The minimum absolute atomic E-state index is 0. The maximum absolute atomic E-state index is 12.9. The van der Waals surface area contributed by atoms with Crippen LogP contribution in [0.3, 0.4) is 0 Å². The normalized spacial score (nSPS) is 10.7. The number of amides is 1. The maximum atomic E-state index is 12.9. The first kappa shape index (κ1) is 21.9. The van der Waals surface area contributed by atoms with Gasteiger partial charge in [0.15, 0.2) is 5.96 Å². The molecule has 0 aliphatic carbocycles. The van der Waals surface area contributed by atoms with Crippen molar-refractivity contribution in [2.24, 2.45) is 4.99 Å². The number of hydrogen-bond acceptors (Lipinski definition) is 2. The molecule has 0 heterocycles. The molecule has 0 unspecified atom stereocenters. The van der Waals surface area contributed by atoms with E-state index in [2.05, 4.69) is 20.9 Å². The molecular weight excluding hydrogens is 446 g/mol. The predicted molar refractivity (Wildman–Crippen MR) is 114 cm³/mol. The van der Waals surface area contributed by atoms with Crippen LogP contribution < -0.4 is 16.0 Å². The van der Waals surface area contributed by atoms with E-state index in [1.54, 1.807) is 32.3 Å². The van der Waals surface area contributed by atoms with Crippen molar-refractivity contribution >= 4 is 35.8 Å². The fourth-order valence-corrected chi connectivity index (χ4v) is 2.35. The van der Waals surface area contributed by atoms with Crippen molar-refractivity contribution in [3.63, 3.8) is 0 Å². The summed E-state index contributed by atoms with van der Waals surface area (Å²) in [5, 5.41) is 9.03. The molecule has 0 radical (unpaired) electrons. The third kappa shape index (κ3) is 6.99. The molecule has 0 saturated carbocycles. The zero-order chi connectivity index (χ0) is 18.1. The predicted octanol–water partition coefficient (Wildman–Crippen LogP) is 2.71. The van der Waals surface area contributed by atoms with Crippen LogP contribution in [0, 0.1) is 5.82 Å². The lowest BCUT2D eigenvalue weighted by Gasteiger charge is -2.12. The highest BCUT2D eigenvalue weighted by molar-refractivity contribution is 14.0. The van der Waals surface area contributed by atoms with E-state index >= 15 is 0 Å². The first-order valence-electron chi connectivity index (χ1n) is 8.12. The van der Waals surface area contributed by atoms with E-state index in [1.165, 1.54) is 12.1 Å². The van der Waals surface area contributed by atoms with E-state index in [0.717, 1.165) is 17.5 Å². The second kappa shape index (κ2) is 11.5. The first-order chi connectivity index (χ1) is 12.1. The summed E-state index contributed by atoms with van der Waals surface area (Å²) in [5.41, 5.74) is 2.70. The van der Waals surface area contributed by atoms with Crippen LogP contribution in [0.4, 0.5) is 4.39 Å². The number of rotatable bonds is 6. The summed E-state index contributed by atoms with van der Waals surface area (Å²) in [4.78, 5) is 15.8. The van der Waals surface area contributed by atoms with Gasteiger partial charge in [-0.3, -0.25) is 9.79 Å². The number of nitrogens with zero attached hydrogens (tertiary/aromatic N) is 1. The highest BCUT2D eigenvalue weighted by Gasteiger charge is 2.04. The Morgan fingerprint density at radius 2 is 1.81 bits per heavy atom. The number of aliphatic imine (C=N–C) groups is 1. The largest absolute Gasteiger partial charge is 0.356 e. The third-order valence-electron chi connectivity index (χ3n) is 3.72. The molecule has 140 valence electrons. The van der Waals surface area contributed by atoms with Crippen LogP contribution in [-0.4, -0.2) is 32.5 Å². The number of carbonyl (C=O) groups is 1. The summed E-state index contributed by atoms with van der Waals surface area (Å²) in [5.74, 6) is 0.337. The SMILES string of the molecule is CN=C(NCCc1cccc(C(=O)NC)c1)NCc1ccc(F)cc1.I. The van der Waals surface area contributed by atoms with Crippen LogP contribution in [0.5, 0.6) is 0 Å². The molecule has 5 nitrogen and oxygen atoms in total. The molecule has 0 saturated heterocycles. The lowest BCUT2D eigenvalue weighted by Crippen LogP contribution is -2.37. The molecule has 0 fully saturated rings. The van der Waals surface area contributed by atoms with E-state index in [0.29, 0.717) is 24.6 Å². The van der Waals surface area contributed by atoms with Gasteiger partial charge in [-0.05, 0) is 41.8 Å². The minimum atomic E-state index is -0.245. The molecule has 0 spiro atoms. The lowest BCUT2D eigenvalue weighted by molar-refractivity contribution is 0.0963. The monoisotopic (exact) mass is 470 g/mol. The average molecular weight is 470 g/mol.